The lowest BCUT2D eigenvalue weighted by Gasteiger charge is -2.10. The van der Waals surface area contributed by atoms with E-state index in [1.54, 1.807) is 0 Å². The van der Waals surface area contributed by atoms with Crippen molar-refractivity contribution in [3.8, 4) is 0 Å². The molecule has 0 atom stereocenters. The van der Waals surface area contributed by atoms with Gasteiger partial charge in [-0.1, -0.05) is 0 Å². The maximum Gasteiger partial charge on any atom is 0.434 e. The molecule has 0 saturated heterocycles. The molecule has 0 spiro atoms. The highest BCUT2D eigenvalue weighted by Crippen LogP contribution is 2.30. The van der Waals surface area contributed by atoms with Crippen LogP contribution in [0.1, 0.15) is 21.9 Å². The number of nitrogens with zero attached hydrogens (tertiary/aromatic N) is 2. The van der Waals surface area contributed by atoms with E-state index in [-0.39, 0.29) is 18.9 Å². The molecule has 0 saturated carbocycles. The number of carboxylic acid groups (broad SMARTS) is 1. The molecule has 0 aromatic carbocycles. The fourth-order valence-corrected chi connectivity index (χ4v) is 1.25. The van der Waals surface area contributed by atoms with Gasteiger partial charge in [-0.2, -0.15) is 13.2 Å². The van der Waals surface area contributed by atoms with Gasteiger partial charge in [0.25, 0.3) is 6.43 Å². The number of alkyl halides is 5. The van der Waals surface area contributed by atoms with Gasteiger partial charge in [0, 0.05) is 12.6 Å². The van der Waals surface area contributed by atoms with E-state index in [1.165, 1.54) is 0 Å². The second-order valence-corrected chi connectivity index (χ2v) is 3.57. The first-order valence-electron chi connectivity index (χ1n) is 5.24. The van der Waals surface area contributed by atoms with Crippen molar-refractivity contribution in [3.05, 3.63) is 23.3 Å². The Hall–Kier alpha value is -1.84. The van der Waals surface area contributed by atoms with Crippen molar-refractivity contribution in [2.75, 3.05) is 13.2 Å². The number of rotatable bonds is 6. The molecule has 0 unspecified atom stereocenters. The maximum absolute atomic E-state index is 12.6. The summed E-state index contributed by atoms with van der Waals surface area (Å²) in [5, 5.41) is 8.61. The Balaban J connectivity index is 2.83. The van der Waals surface area contributed by atoms with Gasteiger partial charge in [0.05, 0.1) is 6.61 Å². The monoisotopic (exact) mass is 300 g/mol. The van der Waals surface area contributed by atoms with Crippen molar-refractivity contribution in [2.24, 2.45) is 0 Å². The summed E-state index contributed by atoms with van der Waals surface area (Å²) < 4.78 is 65.8. The standard InChI is InChI=1S/C10H9F5N2O3/c11-6(12)4-20-2-1-7-16-3-5(9(18)19)8(17-7)10(13,14)15/h3,6H,1-2,4H2,(H,18,19). The fourth-order valence-electron chi connectivity index (χ4n) is 1.25. The van der Waals surface area contributed by atoms with E-state index in [0.29, 0.717) is 6.20 Å². The average Bonchev–Trinajstić information content (AvgIpc) is 2.33. The van der Waals surface area contributed by atoms with E-state index < -0.39 is 36.4 Å². The van der Waals surface area contributed by atoms with Gasteiger partial charge < -0.3 is 9.84 Å². The minimum Gasteiger partial charge on any atom is -0.478 e. The van der Waals surface area contributed by atoms with E-state index in [9.17, 15) is 26.7 Å². The van der Waals surface area contributed by atoms with E-state index in [2.05, 4.69) is 14.7 Å². The first-order chi connectivity index (χ1) is 9.21. The minimum absolute atomic E-state index is 0.240. The molecular formula is C10H9F5N2O3. The van der Waals surface area contributed by atoms with Crippen LogP contribution in [-0.4, -0.2) is 40.7 Å². The molecule has 0 aliphatic heterocycles. The summed E-state index contributed by atoms with van der Waals surface area (Å²) in [5.41, 5.74) is -2.65. The van der Waals surface area contributed by atoms with Crippen LogP contribution in [0.2, 0.25) is 0 Å². The first-order valence-corrected chi connectivity index (χ1v) is 5.24. The van der Waals surface area contributed by atoms with Gasteiger partial charge in [-0.15, -0.1) is 0 Å². The molecule has 1 N–H and O–H groups in total. The Bertz CT molecular complexity index is 478. The molecule has 0 amide bonds. The van der Waals surface area contributed by atoms with E-state index in [4.69, 9.17) is 5.11 Å². The molecule has 0 aliphatic rings. The van der Waals surface area contributed by atoms with Crippen LogP contribution >= 0.6 is 0 Å². The number of carboxylic acids is 1. The zero-order valence-corrected chi connectivity index (χ0v) is 9.82. The van der Waals surface area contributed by atoms with Crippen LogP contribution in [-0.2, 0) is 17.3 Å². The number of halogens is 5. The molecule has 112 valence electrons. The SMILES string of the molecule is O=C(O)c1cnc(CCOCC(F)F)nc1C(F)(F)F. The highest BCUT2D eigenvalue weighted by atomic mass is 19.4. The predicted molar refractivity (Wildman–Crippen MR) is 54.5 cm³/mol. The van der Waals surface area contributed by atoms with Gasteiger partial charge in [0.1, 0.15) is 18.0 Å². The maximum atomic E-state index is 12.6. The topological polar surface area (TPSA) is 72.3 Å². The van der Waals surface area contributed by atoms with Crippen molar-refractivity contribution in [2.45, 2.75) is 19.0 Å². The molecule has 0 bridgehead atoms. The summed E-state index contributed by atoms with van der Waals surface area (Å²) in [6.07, 6.45) is -7.35. The number of aromatic nitrogens is 2. The predicted octanol–water partition coefficient (Wildman–Crippen LogP) is 2.02. The fraction of sp³-hybridized carbons (Fsp3) is 0.500. The van der Waals surface area contributed by atoms with Crippen molar-refractivity contribution >= 4 is 5.97 Å². The van der Waals surface area contributed by atoms with Gasteiger partial charge in [-0.3, -0.25) is 0 Å². The normalized spacial score (nSPS) is 11.9. The van der Waals surface area contributed by atoms with Gasteiger partial charge in [0.15, 0.2) is 5.69 Å². The smallest absolute Gasteiger partial charge is 0.434 e. The third-order valence-corrected chi connectivity index (χ3v) is 2.05. The Morgan fingerprint density at radius 1 is 1.40 bits per heavy atom. The number of carbonyl (C=O) groups is 1. The Labute approximate surface area is 109 Å². The van der Waals surface area contributed by atoms with Crippen LogP contribution in [0, 0.1) is 0 Å². The summed E-state index contributed by atoms with van der Waals surface area (Å²) in [5.74, 6) is -2.14. The highest BCUT2D eigenvalue weighted by Gasteiger charge is 2.38. The third-order valence-electron chi connectivity index (χ3n) is 2.05. The summed E-state index contributed by atoms with van der Waals surface area (Å²) in [6.45, 7) is -1.15. The zero-order valence-electron chi connectivity index (χ0n) is 9.82. The van der Waals surface area contributed by atoms with Crippen LogP contribution in [0.3, 0.4) is 0 Å². The summed E-state index contributed by atoms with van der Waals surface area (Å²) in [7, 11) is 0. The first kappa shape index (κ1) is 16.2. The molecule has 1 heterocycles. The summed E-state index contributed by atoms with van der Waals surface area (Å²) in [4.78, 5) is 17.2. The van der Waals surface area contributed by atoms with Crippen LogP contribution in [0.25, 0.3) is 0 Å². The van der Waals surface area contributed by atoms with Crippen molar-refractivity contribution in [1.82, 2.24) is 9.97 Å². The quantitative estimate of drug-likeness (QED) is 0.643. The zero-order chi connectivity index (χ0) is 15.3. The van der Waals surface area contributed by atoms with Gasteiger partial charge in [0.2, 0.25) is 0 Å². The van der Waals surface area contributed by atoms with Crippen LogP contribution in [0.5, 0.6) is 0 Å². The number of ether oxygens (including phenoxy) is 1. The largest absolute Gasteiger partial charge is 0.478 e. The number of aromatic carboxylic acids is 1. The van der Waals surface area contributed by atoms with Crippen LogP contribution in [0.15, 0.2) is 6.20 Å². The Morgan fingerprint density at radius 3 is 2.55 bits per heavy atom. The summed E-state index contributed by atoms with van der Waals surface area (Å²) in [6, 6.07) is 0. The average molecular weight is 300 g/mol. The lowest BCUT2D eigenvalue weighted by atomic mass is 10.2. The molecular weight excluding hydrogens is 291 g/mol. The minimum atomic E-state index is -4.95. The van der Waals surface area contributed by atoms with E-state index in [1.807, 2.05) is 0 Å². The molecule has 20 heavy (non-hydrogen) atoms. The van der Waals surface area contributed by atoms with E-state index in [0.717, 1.165) is 0 Å². The third kappa shape index (κ3) is 4.68. The van der Waals surface area contributed by atoms with Gasteiger partial charge in [-0.05, 0) is 0 Å². The highest BCUT2D eigenvalue weighted by molar-refractivity contribution is 5.88. The number of hydrogen-bond donors (Lipinski definition) is 1. The van der Waals surface area contributed by atoms with Gasteiger partial charge >= 0.3 is 12.1 Å². The second kappa shape index (κ2) is 6.55. The molecule has 0 fully saturated rings. The van der Waals surface area contributed by atoms with Crippen LogP contribution < -0.4 is 0 Å². The molecule has 0 aliphatic carbocycles. The summed E-state index contributed by atoms with van der Waals surface area (Å²) >= 11 is 0. The van der Waals surface area contributed by atoms with E-state index >= 15 is 0 Å². The molecule has 5 nitrogen and oxygen atoms in total. The number of hydrogen-bond acceptors (Lipinski definition) is 4. The molecule has 1 rings (SSSR count). The Morgan fingerprint density at radius 2 is 2.05 bits per heavy atom. The lowest BCUT2D eigenvalue weighted by Crippen LogP contribution is -2.18. The Kier molecular flexibility index (Phi) is 5.31. The van der Waals surface area contributed by atoms with Crippen molar-refractivity contribution in [1.29, 1.82) is 0 Å². The molecule has 1 aromatic heterocycles. The van der Waals surface area contributed by atoms with Crippen molar-refractivity contribution in [3.63, 3.8) is 0 Å². The molecule has 0 radical (unpaired) electrons. The second-order valence-electron chi connectivity index (χ2n) is 3.57. The molecule has 1 aromatic rings. The van der Waals surface area contributed by atoms with Gasteiger partial charge in [-0.25, -0.2) is 23.5 Å². The van der Waals surface area contributed by atoms with Crippen LogP contribution in [0.4, 0.5) is 22.0 Å². The lowest BCUT2D eigenvalue weighted by molar-refractivity contribution is -0.141. The van der Waals surface area contributed by atoms with Crippen molar-refractivity contribution < 1.29 is 36.6 Å². The molecule has 10 heteroatoms.